The van der Waals surface area contributed by atoms with Crippen LogP contribution in [0.2, 0.25) is 5.02 Å². The van der Waals surface area contributed by atoms with Gasteiger partial charge in [0, 0.05) is 0 Å². The lowest BCUT2D eigenvalue weighted by Crippen LogP contribution is -2.15. The number of carbonyl (C=O) groups excluding carboxylic acids is 1. The summed E-state index contributed by atoms with van der Waals surface area (Å²) in [6, 6.07) is 8.32. The molecular weight excluding hydrogens is 477 g/mol. The molecule has 0 bridgehead atoms. The minimum Gasteiger partial charge on any atom is -0.355 e. The van der Waals surface area contributed by atoms with Crippen molar-refractivity contribution in [2.45, 2.75) is 6.18 Å². The highest BCUT2D eigenvalue weighted by Crippen LogP contribution is 2.43. The molecule has 0 N–H and O–H groups in total. The predicted molar refractivity (Wildman–Crippen MR) is 108 cm³/mol. The fourth-order valence-corrected chi connectivity index (χ4v) is 3.62. The number of benzene rings is 2. The van der Waals surface area contributed by atoms with E-state index in [1.807, 2.05) is 0 Å². The van der Waals surface area contributed by atoms with E-state index in [4.69, 9.17) is 16.1 Å². The van der Waals surface area contributed by atoms with Crippen molar-refractivity contribution in [3.63, 3.8) is 0 Å². The lowest BCUT2D eigenvalue weighted by Gasteiger charge is -2.12. The average Bonchev–Trinajstić information content (AvgIpc) is 3.32. The van der Waals surface area contributed by atoms with Gasteiger partial charge in [-0.25, -0.2) is 13.5 Å². The number of carbonyl (C=O) groups is 1. The van der Waals surface area contributed by atoms with E-state index in [2.05, 4.69) is 22.9 Å². The van der Waals surface area contributed by atoms with Crippen molar-refractivity contribution in [3.05, 3.63) is 76.6 Å². The van der Waals surface area contributed by atoms with Crippen LogP contribution >= 0.6 is 24.2 Å². The number of rotatable bonds is 4. The summed E-state index contributed by atoms with van der Waals surface area (Å²) >= 11 is 9.69. The quantitative estimate of drug-likeness (QED) is 0.275. The molecule has 12 heteroatoms. The summed E-state index contributed by atoms with van der Waals surface area (Å²) in [5.41, 5.74) is -3.97. The monoisotopic (exact) mass is 485 g/mol. The van der Waals surface area contributed by atoms with Gasteiger partial charge in [-0.1, -0.05) is 35.0 Å². The fraction of sp³-hybridized carbons (Fsp3) is 0.0500. The van der Waals surface area contributed by atoms with Gasteiger partial charge in [-0.15, -0.1) is 12.6 Å². The summed E-state index contributed by atoms with van der Waals surface area (Å²) < 4.78 is 76.0. The van der Waals surface area contributed by atoms with Crippen molar-refractivity contribution < 1.29 is 31.3 Å². The molecule has 164 valence electrons. The lowest BCUT2D eigenvalue weighted by atomic mass is 10.0. The fourth-order valence-electron chi connectivity index (χ4n) is 3.16. The Morgan fingerprint density at radius 2 is 1.75 bits per heavy atom. The molecule has 0 aliphatic heterocycles. The average molecular weight is 486 g/mol. The van der Waals surface area contributed by atoms with Crippen molar-refractivity contribution >= 4 is 29.3 Å². The number of para-hydroxylation sites is 1. The number of hydrogen-bond donors (Lipinski definition) is 1. The van der Waals surface area contributed by atoms with Crippen LogP contribution in [0.25, 0.3) is 28.3 Å². The molecule has 2 aromatic heterocycles. The zero-order valence-electron chi connectivity index (χ0n) is 15.5. The van der Waals surface area contributed by atoms with Gasteiger partial charge in [-0.3, -0.25) is 4.79 Å². The third kappa shape index (κ3) is 3.67. The Hall–Kier alpha value is -3.18. The topological polar surface area (TPSA) is 60.9 Å². The smallest absolute Gasteiger partial charge is 0.355 e. The van der Waals surface area contributed by atoms with Crippen molar-refractivity contribution in [3.8, 4) is 28.3 Å². The summed E-state index contributed by atoms with van der Waals surface area (Å²) in [7, 11) is 0. The minimum atomic E-state index is -5.05. The molecule has 2 aromatic carbocycles. The van der Waals surface area contributed by atoms with Gasteiger partial charge in [0.2, 0.25) is 5.12 Å². The number of hydrogen-bond acceptors (Lipinski definition) is 4. The molecule has 0 saturated heterocycles. The van der Waals surface area contributed by atoms with Gasteiger partial charge in [-0.05, 0) is 24.3 Å². The van der Waals surface area contributed by atoms with Crippen LogP contribution in [-0.2, 0) is 6.18 Å². The molecule has 0 amide bonds. The molecule has 0 saturated carbocycles. The van der Waals surface area contributed by atoms with Crippen molar-refractivity contribution in [2.24, 2.45) is 0 Å². The van der Waals surface area contributed by atoms with Crippen LogP contribution in [0.1, 0.15) is 16.1 Å². The second kappa shape index (κ2) is 8.06. The summed E-state index contributed by atoms with van der Waals surface area (Å²) in [4.78, 5) is 12.2. The van der Waals surface area contributed by atoms with Crippen LogP contribution in [-0.4, -0.2) is 20.1 Å². The molecule has 0 fully saturated rings. The van der Waals surface area contributed by atoms with E-state index < -0.39 is 56.9 Å². The van der Waals surface area contributed by atoms with E-state index in [-0.39, 0.29) is 10.6 Å². The number of nitrogens with zero attached hydrogens (tertiary/aromatic N) is 3. The SMILES string of the molecule is O=C(S)c1c(-c2c(F)cccc2Cl)noc1-c1cnn(-c2ccccc2F)c1C(F)(F)F. The molecule has 0 spiro atoms. The van der Waals surface area contributed by atoms with Crippen molar-refractivity contribution in [1.29, 1.82) is 0 Å². The molecule has 0 unspecified atom stereocenters. The Morgan fingerprint density at radius 1 is 1.06 bits per heavy atom. The number of alkyl halides is 3. The maximum atomic E-state index is 14.4. The van der Waals surface area contributed by atoms with E-state index in [1.54, 1.807) is 0 Å². The maximum absolute atomic E-state index is 14.4. The summed E-state index contributed by atoms with van der Waals surface area (Å²) in [5.74, 6) is -2.52. The normalized spacial score (nSPS) is 11.7. The number of halogens is 6. The van der Waals surface area contributed by atoms with E-state index >= 15 is 0 Å². The van der Waals surface area contributed by atoms with E-state index in [0.29, 0.717) is 4.68 Å². The summed E-state index contributed by atoms with van der Waals surface area (Å²) in [5, 5.41) is 6.01. The first-order chi connectivity index (χ1) is 15.1. The molecule has 32 heavy (non-hydrogen) atoms. The molecule has 0 aliphatic rings. The standard InChI is InChI=1S/C20H9ClF5N3O2S/c21-10-4-3-6-12(23)14(10)16-15(19(30)32)17(31-28-16)9-8-27-29(18(9)20(24,25)26)13-7-2-1-5-11(13)22/h1-8H,(H,30,32). The molecule has 0 atom stereocenters. The Balaban J connectivity index is 2.01. The van der Waals surface area contributed by atoms with Crippen molar-refractivity contribution in [2.75, 3.05) is 0 Å². The Morgan fingerprint density at radius 3 is 2.38 bits per heavy atom. The predicted octanol–water partition coefficient (Wildman–Crippen LogP) is 6.21. The van der Waals surface area contributed by atoms with Crippen LogP contribution < -0.4 is 0 Å². The van der Waals surface area contributed by atoms with Gasteiger partial charge in [0.25, 0.3) is 0 Å². The second-order valence-corrected chi connectivity index (χ2v) is 7.22. The minimum absolute atomic E-state index is 0.154. The highest BCUT2D eigenvalue weighted by molar-refractivity contribution is 7.97. The highest BCUT2D eigenvalue weighted by Gasteiger charge is 2.42. The first-order valence-corrected chi connectivity index (χ1v) is 9.51. The van der Waals surface area contributed by atoms with Gasteiger partial charge >= 0.3 is 6.18 Å². The third-order valence-corrected chi connectivity index (χ3v) is 5.01. The van der Waals surface area contributed by atoms with Gasteiger partial charge in [0.05, 0.1) is 22.3 Å². The van der Waals surface area contributed by atoms with E-state index in [0.717, 1.165) is 24.4 Å². The van der Waals surface area contributed by atoms with Gasteiger partial charge < -0.3 is 4.52 Å². The summed E-state index contributed by atoms with van der Waals surface area (Å²) in [6.45, 7) is 0. The van der Waals surface area contributed by atoms with Crippen LogP contribution in [0.4, 0.5) is 22.0 Å². The van der Waals surface area contributed by atoms with Crippen molar-refractivity contribution in [1.82, 2.24) is 14.9 Å². The van der Waals surface area contributed by atoms with Crippen LogP contribution in [0.5, 0.6) is 0 Å². The molecule has 0 radical (unpaired) electrons. The second-order valence-electron chi connectivity index (χ2n) is 6.40. The zero-order chi connectivity index (χ0) is 23.2. The molecule has 0 aliphatic carbocycles. The molecule has 5 nitrogen and oxygen atoms in total. The van der Waals surface area contributed by atoms with Crippen LogP contribution in [0.3, 0.4) is 0 Å². The maximum Gasteiger partial charge on any atom is 0.434 e. The molecule has 4 aromatic rings. The summed E-state index contributed by atoms with van der Waals surface area (Å²) in [6.07, 6.45) is -4.31. The Kier molecular flexibility index (Phi) is 5.55. The van der Waals surface area contributed by atoms with E-state index in [9.17, 15) is 26.7 Å². The first kappa shape index (κ1) is 22.0. The zero-order valence-corrected chi connectivity index (χ0v) is 17.1. The molecule has 2 heterocycles. The number of aromatic nitrogens is 3. The van der Waals surface area contributed by atoms with Crippen LogP contribution in [0.15, 0.2) is 53.2 Å². The largest absolute Gasteiger partial charge is 0.434 e. The van der Waals surface area contributed by atoms with Gasteiger partial charge in [-0.2, -0.15) is 18.3 Å². The Bertz CT molecular complexity index is 1330. The van der Waals surface area contributed by atoms with Gasteiger partial charge in [0.1, 0.15) is 28.6 Å². The molecule has 4 rings (SSSR count). The van der Waals surface area contributed by atoms with Crippen LogP contribution in [0, 0.1) is 11.6 Å². The van der Waals surface area contributed by atoms with E-state index in [1.165, 1.54) is 24.3 Å². The first-order valence-electron chi connectivity index (χ1n) is 8.69. The Labute approximate surface area is 186 Å². The third-order valence-electron chi connectivity index (χ3n) is 4.47. The lowest BCUT2D eigenvalue weighted by molar-refractivity contribution is -0.142. The number of thiol groups is 1. The molecular formula is C20H9ClF5N3O2S. The van der Waals surface area contributed by atoms with Gasteiger partial charge in [0.15, 0.2) is 11.5 Å². The highest BCUT2D eigenvalue weighted by atomic mass is 35.5.